The van der Waals surface area contributed by atoms with E-state index >= 15 is 0 Å². The molecule has 2 aliphatic heterocycles. The van der Waals surface area contributed by atoms with E-state index < -0.39 is 0 Å². The molecule has 2 fully saturated rings. The van der Waals surface area contributed by atoms with Gasteiger partial charge in [-0.3, -0.25) is 9.80 Å². The topological polar surface area (TPSA) is 37.8 Å². The third-order valence-electron chi connectivity index (χ3n) is 5.56. The fourth-order valence-electron chi connectivity index (χ4n) is 4.23. The van der Waals surface area contributed by atoms with Gasteiger partial charge in [0.2, 0.25) is 6.29 Å². The summed E-state index contributed by atoms with van der Waals surface area (Å²) >= 11 is 1.71. The molecule has 4 rings (SSSR count). The van der Waals surface area contributed by atoms with Crippen LogP contribution in [-0.2, 0) is 22.6 Å². The molecule has 0 bridgehead atoms. The first kappa shape index (κ1) is 19.0. The van der Waals surface area contributed by atoms with Crippen molar-refractivity contribution in [3.8, 4) is 0 Å². The maximum absolute atomic E-state index is 5.56. The van der Waals surface area contributed by atoms with Gasteiger partial charge in [0.1, 0.15) is 5.01 Å². The minimum absolute atomic E-state index is 0.255. The lowest BCUT2D eigenvalue weighted by Crippen LogP contribution is -2.48. The Morgan fingerprint density at radius 3 is 2.74 bits per heavy atom. The molecular weight excluding hydrogens is 358 g/mol. The number of ether oxygens (including phenoxy) is 2. The summed E-state index contributed by atoms with van der Waals surface area (Å²) in [5.41, 5.74) is 1.41. The van der Waals surface area contributed by atoms with Crippen molar-refractivity contribution < 1.29 is 9.47 Å². The summed E-state index contributed by atoms with van der Waals surface area (Å²) < 4.78 is 11.1. The zero-order chi connectivity index (χ0) is 18.6. The molecule has 2 saturated heterocycles. The first-order chi connectivity index (χ1) is 13.2. The van der Waals surface area contributed by atoms with Crippen LogP contribution in [0.2, 0.25) is 0 Å². The van der Waals surface area contributed by atoms with Crippen molar-refractivity contribution in [1.29, 1.82) is 0 Å². The van der Waals surface area contributed by atoms with Crippen LogP contribution in [0, 0.1) is 5.92 Å². The number of rotatable bonds is 6. The highest BCUT2D eigenvalue weighted by molar-refractivity contribution is 7.11. The van der Waals surface area contributed by atoms with Gasteiger partial charge in [0.05, 0.1) is 13.2 Å². The summed E-state index contributed by atoms with van der Waals surface area (Å²) in [6.07, 6.45) is 2.94. The Bertz CT molecular complexity index is 717. The van der Waals surface area contributed by atoms with Gasteiger partial charge in [-0.1, -0.05) is 37.3 Å². The quantitative estimate of drug-likeness (QED) is 0.758. The second kappa shape index (κ2) is 8.80. The normalized spacial score (nSPS) is 24.7. The van der Waals surface area contributed by atoms with Crippen LogP contribution in [0.3, 0.4) is 0 Å². The molecule has 0 spiro atoms. The number of hydrogen-bond acceptors (Lipinski definition) is 6. The molecule has 2 aromatic rings. The Labute approximate surface area is 165 Å². The summed E-state index contributed by atoms with van der Waals surface area (Å²) in [6, 6.07) is 11.4. The molecule has 0 radical (unpaired) electrons. The molecular formula is C21H29N3O2S. The molecule has 1 aromatic carbocycles. The lowest BCUT2D eigenvalue weighted by molar-refractivity contribution is -0.0442. The number of benzene rings is 1. The van der Waals surface area contributed by atoms with Gasteiger partial charge in [0.15, 0.2) is 0 Å². The molecule has 146 valence electrons. The van der Waals surface area contributed by atoms with Crippen molar-refractivity contribution in [1.82, 2.24) is 14.8 Å². The van der Waals surface area contributed by atoms with Crippen molar-refractivity contribution in [3.05, 3.63) is 52.0 Å². The number of aromatic nitrogens is 1. The lowest BCUT2D eigenvalue weighted by Gasteiger charge is -2.41. The molecule has 6 heteroatoms. The largest absolute Gasteiger partial charge is 0.344 e. The summed E-state index contributed by atoms with van der Waals surface area (Å²) in [7, 11) is 2.25. The van der Waals surface area contributed by atoms with E-state index in [0.29, 0.717) is 25.2 Å². The predicted molar refractivity (Wildman–Crippen MR) is 108 cm³/mol. The second-order valence-electron chi connectivity index (χ2n) is 7.71. The van der Waals surface area contributed by atoms with Gasteiger partial charge in [0, 0.05) is 36.8 Å². The first-order valence-corrected chi connectivity index (χ1v) is 10.6. The minimum Gasteiger partial charge on any atom is -0.344 e. The average molecular weight is 388 g/mol. The first-order valence-electron chi connectivity index (χ1n) is 9.83. The van der Waals surface area contributed by atoms with Crippen molar-refractivity contribution in [2.75, 3.05) is 33.4 Å². The average Bonchev–Trinajstić information content (AvgIpc) is 3.34. The summed E-state index contributed by atoms with van der Waals surface area (Å²) in [6.45, 7) is 8.03. The summed E-state index contributed by atoms with van der Waals surface area (Å²) in [4.78, 5) is 10.9. The number of hydrogen-bond donors (Lipinski definition) is 0. The Kier molecular flexibility index (Phi) is 6.20. The second-order valence-corrected chi connectivity index (χ2v) is 8.85. The van der Waals surface area contributed by atoms with E-state index in [1.54, 1.807) is 11.3 Å². The molecule has 0 saturated carbocycles. The Balaban J connectivity index is 1.30. The standard InChI is InChI=1S/C21H29N3O2S/c1-16-13-24(14-17-6-4-3-5-7-17)9-8-19(16)23(2)15-18-12-22-20(27-18)21-25-10-11-26-21/h3-7,12,16,19,21H,8-11,13-15H2,1-2H3. The van der Waals surface area contributed by atoms with Gasteiger partial charge in [-0.25, -0.2) is 4.98 Å². The van der Waals surface area contributed by atoms with E-state index in [1.165, 1.54) is 16.9 Å². The lowest BCUT2D eigenvalue weighted by atomic mass is 9.92. The molecule has 0 amide bonds. The van der Waals surface area contributed by atoms with Crippen molar-refractivity contribution in [2.24, 2.45) is 5.92 Å². The molecule has 0 N–H and O–H groups in total. The van der Waals surface area contributed by atoms with Crippen molar-refractivity contribution in [3.63, 3.8) is 0 Å². The van der Waals surface area contributed by atoms with Gasteiger partial charge in [-0.05, 0) is 31.5 Å². The van der Waals surface area contributed by atoms with Crippen LogP contribution in [0.5, 0.6) is 0 Å². The monoisotopic (exact) mass is 387 g/mol. The highest BCUT2D eigenvalue weighted by Gasteiger charge is 2.29. The SMILES string of the molecule is CC1CN(Cc2ccccc2)CCC1N(C)Cc1cnc(C2OCCO2)s1. The van der Waals surface area contributed by atoms with Gasteiger partial charge in [-0.2, -0.15) is 0 Å². The van der Waals surface area contributed by atoms with Crippen LogP contribution in [0.1, 0.15) is 35.1 Å². The molecule has 5 nitrogen and oxygen atoms in total. The zero-order valence-electron chi connectivity index (χ0n) is 16.2. The smallest absolute Gasteiger partial charge is 0.211 e. The molecule has 2 atom stereocenters. The maximum atomic E-state index is 5.56. The molecule has 1 aromatic heterocycles. The van der Waals surface area contributed by atoms with Crippen LogP contribution in [0.4, 0.5) is 0 Å². The van der Waals surface area contributed by atoms with Crippen molar-refractivity contribution in [2.45, 2.75) is 38.8 Å². The Morgan fingerprint density at radius 2 is 2.00 bits per heavy atom. The predicted octanol–water partition coefficient (Wildman–Crippen LogP) is 3.53. The number of thiazole rings is 1. The maximum Gasteiger partial charge on any atom is 0.211 e. The summed E-state index contributed by atoms with van der Waals surface area (Å²) in [5.74, 6) is 0.654. The fourth-order valence-corrected chi connectivity index (χ4v) is 5.21. The van der Waals surface area contributed by atoms with Crippen LogP contribution < -0.4 is 0 Å². The molecule has 0 aliphatic carbocycles. The third kappa shape index (κ3) is 4.76. The molecule has 3 heterocycles. The molecule has 27 heavy (non-hydrogen) atoms. The van der Waals surface area contributed by atoms with Gasteiger partial charge >= 0.3 is 0 Å². The van der Waals surface area contributed by atoms with Crippen LogP contribution >= 0.6 is 11.3 Å². The van der Waals surface area contributed by atoms with Crippen molar-refractivity contribution >= 4 is 11.3 Å². The van der Waals surface area contributed by atoms with E-state index in [-0.39, 0.29) is 6.29 Å². The van der Waals surface area contributed by atoms with E-state index in [0.717, 1.165) is 31.2 Å². The number of likely N-dealkylation sites (tertiary alicyclic amines) is 1. The van der Waals surface area contributed by atoms with E-state index in [2.05, 4.69) is 59.1 Å². The van der Waals surface area contributed by atoms with E-state index in [9.17, 15) is 0 Å². The minimum atomic E-state index is -0.255. The number of piperidine rings is 1. The molecule has 2 aliphatic rings. The Morgan fingerprint density at radius 1 is 1.22 bits per heavy atom. The highest BCUT2D eigenvalue weighted by atomic mass is 32.1. The molecule has 2 unspecified atom stereocenters. The van der Waals surface area contributed by atoms with Gasteiger partial charge in [0.25, 0.3) is 0 Å². The van der Waals surface area contributed by atoms with Gasteiger partial charge < -0.3 is 9.47 Å². The zero-order valence-corrected chi connectivity index (χ0v) is 17.0. The number of nitrogens with zero attached hydrogens (tertiary/aromatic N) is 3. The van der Waals surface area contributed by atoms with E-state index in [4.69, 9.17) is 9.47 Å². The van der Waals surface area contributed by atoms with Crippen LogP contribution in [0.15, 0.2) is 36.5 Å². The third-order valence-corrected chi connectivity index (χ3v) is 6.56. The summed E-state index contributed by atoms with van der Waals surface area (Å²) in [5, 5.41) is 0.946. The fraction of sp³-hybridized carbons (Fsp3) is 0.571. The van der Waals surface area contributed by atoms with Gasteiger partial charge in [-0.15, -0.1) is 11.3 Å². The van der Waals surface area contributed by atoms with Crippen LogP contribution in [-0.4, -0.2) is 54.2 Å². The van der Waals surface area contributed by atoms with E-state index in [1.807, 2.05) is 6.20 Å². The van der Waals surface area contributed by atoms with Crippen LogP contribution in [0.25, 0.3) is 0 Å². The highest BCUT2D eigenvalue weighted by Crippen LogP contribution is 2.29. The Hall–Kier alpha value is -1.31.